The molecule has 0 fully saturated rings. The van der Waals surface area contributed by atoms with E-state index in [4.69, 9.17) is 0 Å². The summed E-state index contributed by atoms with van der Waals surface area (Å²) < 4.78 is 0. The minimum Gasteiger partial charge on any atom is -0.365 e. The second-order valence-electron chi connectivity index (χ2n) is 4.35. The maximum atomic E-state index is 11.7. The number of nitrogens with one attached hydrogen (secondary N) is 2. The van der Waals surface area contributed by atoms with Crippen molar-refractivity contribution in [2.75, 3.05) is 5.32 Å². The molecule has 0 saturated heterocycles. The number of fused-ring (bicyclic) bond motifs is 1. The number of anilines is 1. The normalized spacial score (nSPS) is 19.4. The largest absolute Gasteiger partial charge is 0.365 e. The molecule has 3 nitrogen and oxygen atoms in total. The molecule has 0 saturated carbocycles. The zero-order chi connectivity index (χ0) is 10.8. The van der Waals surface area contributed by atoms with Crippen molar-refractivity contribution in [2.24, 2.45) is 5.92 Å². The summed E-state index contributed by atoms with van der Waals surface area (Å²) in [6.07, 6.45) is 1.01. The minimum atomic E-state index is 0.0231. The third-order valence-electron chi connectivity index (χ3n) is 2.51. The van der Waals surface area contributed by atoms with E-state index in [1.807, 2.05) is 24.3 Å². The van der Waals surface area contributed by atoms with Gasteiger partial charge in [-0.15, -0.1) is 0 Å². The van der Waals surface area contributed by atoms with Crippen LogP contribution in [0.15, 0.2) is 24.3 Å². The van der Waals surface area contributed by atoms with Crippen LogP contribution in [-0.4, -0.2) is 12.1 Å². The van der Waals surface area contributed by atoms with Crippen LogP contribution in [0.3, 0.4) is 0 Å². The lowest BCUT2D eigenvalue weighted by atomic mass is 10.0. The fraction of sp³-hybridized carbons (Fsp3) is 0.417. The van der Waals surface area contributed by atoms with Gasteiger partial charge >= 0.3 is 0 Å². The summed E-state index contributed by atoms with van der Waals surface area (Å²) >= 11 is 0. The number of carbonyl (C=O) groups excluding carboxylic acids is 1. The Balaban J connectivity index is 2.19. The van der Waals surface area contributed by atoms with Gasteiger partial charge in [-0.2, -0.15) is 0 Å². The summed E-state index contributed by atoms with van der Waals surface area (Å²) in [5.41, 5.74) is 1.67. The Morgan fingerprint density at radius 1 is 1.27 bits per heavy atom. The molecule has 1 heterocycles. The van der Waals surface area contributed by atoms with E-state index in [1.54, 1.807) is 0 Å². The summed E-state index contributed by atoms with van der Waals surface area (Å²) in [5, 5.41) is 6.28. The Kier molecular flexibility index (Phi) is 2.62. The van der Waals surface area contributed by atoms with Crippen molar-refractivity contribution in [3.8, 4) is 0 Å². The van der Waals surface area contributed by atoms with E-state index >= 15 is 0 Å². The molecule has 2 rings (SSSR count). The van der Waals surface area contributed by atoms with E-state index in [-0.39, 0.29) is 12.1 Å². The first-order chi connectivity index (χ1) is 7.16. The topological polar surface area (TPSA) is 41.1 Å². The van der Waals surface area contributed by atoms with E-state index in [2.05, 4.69) is 24.5 Å². The molecular formula is C12H16N2O. The molecule has 0 radical (unpaired) electrons. The average molecular weight is 204 g/mol. The first kappa shape index (κ1) is 10.0. The smallest absolute Gasteiger partial charge is 0.254 e. The van der Waals surface area contributed by atoms with Crippen LogP contribution in [0.2, 0.25) is 0 Å². The Hall–Kier alpha value is -1.51. The Labute approximate surface area is 89.9 Å². The van der Waals surface area contributed by atoms with Crippen LogP contribution in [0.25, 0.3) is 0 Å². The van der Waals surface area contributed by atoms with Crippen molar-refractivity contribution in [3.05, 3.63) is 29.8 Å². The number of hydrogen-bond acceptors (Lipinski definition) is 2. The molecule has 80 valence electrons. The van der Waals surface area contributed by atoms with Crippen LogP contribution in [0.4, 0.5) is 5.69 Å². The fourth-order valence-electron chi connectivity index (χ4n) is 1.86. The second kappa shape index (κ2) is 3.93. The molecule has 0 aliphatic carbocycles. The van der Waals surface area contributed by atoms with Crippen LogP contribution >= 0.6 is 0 Å². The molecule has 0 aromatic heterocycles. The van der Waals surface area contributed by atoms with Crippen LogP contribution in [0.1, 0.15) is 30.6 Å². The highest BCUT2D eigenvalue weighted by atomic mass is 16.2. The highest BCUT2D eigenvalue weighted by molar-refractivity contribution is 6.01. The number of para-hydroxylation sites is 1. The van der Waals surface area contributed by atoms with Gasteiger partial charge in [0.15, 0.2) is 0 Å². The highest BCUT2D eigenvalue weighted by Crippen LogP contribution is 2.21. The fourth-order valence-corrected chi connectivity index (χ4v) is 1.86. The Morgan fingerprint density at radius 2 is 2.00 bits per heavy atom. The van der Waals surface area contributed by atoms with Gasteiger partial charge in [0.1, 0.15) is 0 Å². The summed E-state index contributed by atoms with van der Waals surface area (Å²) in [6.45, 7) is 4.29. The molecule has 1 unspecified atom stereocenters. The SMILES string of the molecule is CC(C)CC1NC(=O)c2ccccc2N1. The predicted molar refractivity (Wildman–Crippen MR) is 60.8 cm³/mol. The maximum absolute atomic E-state index is 11.7. The van der Waals surface area contributed by atoms with Crippen molar-refractivity contribution in [1.82, 2.24) is 5.32 Å². The summed E-state index contributed by atoms with van der Waals surface area (Å²) in [6, 6.07) is 7.60. The van der Waals surface area contributed by atoms with E-state index in [1.165, 1.54) is 0 Å². The molecule has 0 bridgehead atoms. The molecule has 2 N–H and O–H groups in total. The van der Waals surface area contributed by atoms with E-state index < -0.39 is 0 Å². The van der Waals surface area contributed by atoms with E-state index in [0.29, 0.717) is 5.92 Å². The molecule has 1 aliphatic heterocycles. The number of hydrogen-bond donors (Lipinski definition) is 2. The van der Waals surface area contributed by atoms with Gasteiger partial charge in [-0.1, -0.05) is 26.0 Å². The van der Waals surface area contributed by atoms with Gasteiger partial charge in [-0.25, -0.2) is 0 Å². The van der Waals surface area contributed by atoms with Crippen LogP contribution in [-0.2, 0) is 0 Å². The Morgan fingerprint density at radius 3 is 2.73 bits per heavy atom. The van der Waals surface area contributed by atoms with Crippen molar-refractivity contribution in [1.29, 1.82) is 0 Å². The first-order valence-electron chi connectivity index (χ1n) is 5.33. The van der Waals surface area contributed by atoms with Gasteiger partial charge in [-0.3, -0.25) is 4.79 Å². The zero-order valence-corrected chi connectivity index (χ0v) is 9.08. The lowest BCUT2D eigenvalue weighted by Gasteiger charge is -2.28. The summed E-state index contributed by atoms with van der Waals surface area (Å²) in [7, 11) is 0. The summed E-state index contributed by atoms with van der Waals surface area (Å²) in [5.74, 6) is 0.586. The minimum absolute atomic E-state index is 0.0231. The second-order valence-corrected chi connectivity index (χ2v) is 4.35. The quantitative estimate of drug-likeness (QED) is 0.775. The zero-order valence-electron chi connectivity index (χ0n) is 9.08. The lowest BCUT2D eigenvalue weighted by Crippen LogP contribution is -2.45. The van der Waals surface area contributed by atoms with Crippen molar-refractivity contribution in [3.63, 3.8) is 0 Å². The predicted octanol–water partition coefficient (Wildman–Crippen LogP) is 2.21. The number of amides is 1. The molecule has 1 atom stereocenters. The lowest BCUT2D eigenvalue weighted by molar-refractivity contribution is 0.0931. The first-order valence-corrected chi connectivity index (χ1v) is 5.33. The van der Waals surface area contributed by atoms with Crippen molar-refractivity contribution < 1.29 is 4.79 Å². The summed E-state index contributed by atoms with van der Waals surface area (Å²) in [4.78, 5) is 11.7. The molecule has 1 amide bonds. The molecule has 1 aromatic carbocycles. The molecule has 1 aromatic rings. The molecule has 1 aliphatic rings. The third-order valence-corrected chi connectivity index (χ3v) is 2.51. The van der Waals surface area contributed by atoms with Gasteiger partial charge in [0.05, 0.1) is 11.7 Å². The molecule has 0 spiro atoms. The van der Waals surface area contributed by atoms with Gasteiger partial charge in [0.25, 0.3) is 5.91 Å². The van der Waals surface area contributed by atoms with Crippen molar-refractivity contribution in [2.45, 2.75) is 26.4 Å². The van der Waals surface area contributed by atoms with Gasteiger partial charge < -0.3 is 10.6 Å². The van der Waals surface area contributed by atoms with E-state index in [9.17, 15) is 4.79 Å². The average Bonchev–Trinajstić information content (AvgIpc) is 2.16. The van der Waals surface area contributed by atoms with Gasteiger partial charge in [0, 0.05) is 5.69 Å². The number of rotatable bonds is 2. The van der Waals surface area contributed by atoms with Gasteiger partial charge in [0.2, 0.25) is 0 Å². The van der Waals surface area contributed by atoms with Crippen LogP contribution in [0, 0.1) is 5.92 Å². The van der Waals surface area contributed by atoms with E-state index in [0.717, 1.165) is 17.7 Å². The van der Waals surface area contributed by atoms with Gasteiger partial charge in [-0.05, 0) is 24.5 Å². The highest BCUT2D eigenvalue weighted by Gasteiger charge is 2.22. The molecular weight excluding hydrogens is 188 g/mol. The maximum Gasteiger partial charge on any atom is 0.254 e. The van der Waals surface area contributed by atoms with Crippen LogP contribution < -0.4 is 10.6 Å². The van der Waals surface area contributed by atoms with Crippen molar-refractivity contribution >= 4 is 11.6 Å². The number of carbonyl (C=O) groups is 1. The Bertz CT molecular complexity index is 374. The monoisotopic (exact) mass is 204 g/mol. The molecule has 3 heteroatoms. The number of benzene rings is 1. The third kappa shape index (κ3) is 2.12. The van der Waals surface area contributed by atoms with Crippen LogP contribution in [0.5, 0.6) is 0 Å². The standard InChI is InChI=1S/C12H16N2O/c1-8(2)7-11-13-10-6-4-3-5-9(10)12(15)14-11/h3-6,8,11,13H,7H2,1-2H3,(H,14,15). The molecule has 15 heavy (non-hydrogen) atoms.